The number of nitrogens with zero attached hydrogens (tertiary/aromatic N) is 3. The fourth-order valence-corrected chi connectivity index (χ4v) is 3.42. The van der Waals surface area contributed by atoms with Crippen molar-refractivity contribution in [2.45, 2.75) is 12.5 Å². The average Bonchev–Trinajstić information content (AvgIpc) is 3.20. The molecule has 1 aliphatic rings. The van der Waals surface area contributed by atoms with Crippen LogP contribution in [0.4, 0.5) is 5.69 Å². The van der Waals surface area contributed by atoms with E-state index in [1.807, 2.05) is 36.5 Å². The number of aromatic nitrogens is 2. The molecule has 0 radical (unpaired) electrons. The van der Waals surface area contributed by atoms with E-state index >= 15 is 0 Å². The van der Waals surface area contributed by atoms with Gasteiger partial charge in [-0.1, -0.05) is 6.07 Å². The molecule has 0 bridgehead atoms. The van der Waals surface area contributed by atoms with Crippen LogP contribution in [-0.2, 0) is 0 Å². The minimum absolute atomic E-state index is 0.281. The SMILES string of the molecule is COc1nc(-c2ccc3c(ccn3Cl)c2)ccc1N1CCC(O)C1. The zero-order valence-electron chi connectivity index (χ0n) is 13.3. The molecule has 3 aromatic rings. The van der Waals surface area contributed by atoms with Crippen LogP contribution in [0.5, 0.6) is 5.88 Å². The maximum atomic E-state index is 9.74. The van der Waals surface area contributed by atoms with E-state index in [1.54, 1.807) is 11.2 Å². The summed E-state index contributed by atoms with van der Waals surface area (Å²) in [6.45, 7) is 1.43. The molecule has 4 rings (SSSR count). The van der Waals surface area contributed by atoms with Crippen LogP contribution in [0.1, 0.15) is 6.42 Å². The number of β-amino-alcohol motifs (C(OH)–C–C–N with tert-alkyl or cyclic N) is 1. The number of methoxy groups -OCH3 is 1. The Morgan fingerprint density at radius 1 is 1.25 bits per heavy atom. The fourth-order valence-electron chi connectivity index (χ4n) is 3.21. The van der Waals surface area contributed by atoms with Crippen LogP contribution in [0.3, 0.4) is 0 Å². The third-order valence-electron chi connectivity index (χ3n) is 4.48. The molecule has 5 nitrogen and oxygen atoms in total. The smallest absolute Gasteiger partial charge is 0.237 e. The normalized spacial score (nSPS) is 17.6. The fraction of sp³-hybridized carbons (Fsp3) is 0.278. The Morgan fingerprint density at radius 2 is 2.12 bits per heavy atom. The van der Waals surface area contributed by atoms with Crippen LogP contribution in [-0.4, -0.2) is 40.5 Å². The van der Waals surface area contributed by atoms with Gasteiger partial charge < -0.3 is 14.7 Å². The van der Waals surface area contributed by atoms with Crippen molar-refractivity contribution in [3.05, 3.63) is 42.6 Å². The van der Waals surface area contributed by atoms with Gasteiger partial charge in [0.2, 0.25) is 5.88 Å². The maximum Gasteiger partial charge on any atom is 0.237 e. The lowest BCUT2D eigenvalue weighted by Crippen LogP contribution is -2.22. The highest BCUT2D eigenvalue weighted by Gasteiger charge is 2.23. The van der Waals surface area contributed by atoms with E-state index in [9.17, 15) is 5.11 Å². The van der Waals surface area contributed by atoms with E-state index in [2.05, 4.69) is 16.0 Å². The molecule has 1 unspecified atom stereocenters. The van der Waals surface area contributed by atoms with Crippen LogP contribution in [0, 0.1) is 0 Å². The molecule has 0 amide bonds. The first-order valence-electron chi connectivity index (χ1n) is 7.91. The van der Waals surface area contributed by atoms with Crippen molar-refractivity contribution in [2.75, 3.05) is 25.1 Å². The van der Waals surface area contributed by atoms with Crippen LogP contribution in [0.2, 0.25) is 0 Å². The van der Waals surface area contributed by atoms with Crippen molar-refractivity contribution < 1.29 is 9.84 Å². The summed E-state index contributed by atoms with van der Waals surface area (Å²) in [5, 5.41) is 10.8. The number of fused-ring (bicyclic) bond motifs is 1. The molecule has 24 heavy (non-hydrogen) atoms. The van der Waals surface area contributed by atoms with Gasteiger partial charge in [-0.3, -0.25) is 4.09 Å². The third kappa shape index (κ3) is 2.60. The number of pyridine rings is 1. The summed E-state index contributed by atoms with van der Waals surface area (Å²) in [6.07, 6.45) is 2.32. The topological polar surface area (TPSA) is 50.5 Å². The molecule has 6 heteroatoms. The van der Waals surface area contributed by atoms with Crippen molar-refractivity contribution in [3.63, 3.8) is 0 Å². The highest BCUT2D eigenvalue weighted by molar-refractivity contribution is 6.19. The summed E-state index contributed by atoms with van der Waals surface area (Å²) in [4.78, 5) is 6.77. The van der Waals surface area contributed by atoms with Gasteiger partial charge in [-0.05, 0) is 36.8 Å². The van der Waals surface area contributed by atoms with Gasteiger partial charge in [0, 0.05) is 42.0 Å². The van der Waals surface area contributed by atoms with Gasteiger partial charge in [0.25, 0.3) is 0 Å². The molecule has 124 valence electrons. The van der Waals surface area contributed by atoms with Gasteiger partial charge in [0.15, 0.2) is 0 Å². The Bertz CT molecular complexity index is 893. The van der Waals surface area contributed by atoms with E-state index < -0.39 is 0 Å². The largest absolute Gasteiger partial charge is 0.480 e. The number of aliphatic hydroxyl groups excluding tert-OH is 1. The average molecular weight is 344 g/mol. The molecule has 1 saturated heterocycles. The Morgan fingerprint density at radius 3 is 2.88 bits per heavy atom. The highest BCUT2D eigenvalue weighted by atomic mass is 35.5. The molecule has 0 saturated carbocycles. The van der Waals surface area contributed by atoms with Gasteiger partial charge in [-0.15, -0.1) is 0 Å². The van der Waals surface area contributed by atoms with Crippen LogP contribution in [0.25, 0.3) is 22.2 Å². The van der Waals surface area contributed by atoms with Gasteiger partial charge in [0.05, 0.1) is 30.1 Å². The molecule has 1 atom stereocenters. The Hall–Kier alpha value is -2.24. The number of ether oxygens (including phenoxy) is 1. The molecular weight excluding hydrogens is 326 g/mol. The molecule has 1 N–H and O–H groups in total. The Balaban J connectivity index is 1.72. The standard InChI is InChI=1S/C18H18ClN3O2/c1-24-18-17(21-8-7-14(23)11-21)5-3-15(20-18)12-2-4-16-13(10-12)6-9-22(16)19/h2-6,9-10,14,23H,7-8,11H2,1H3. The highest BCUT2D eigenvalue weighted by Crippen LogP contribution is 2.33. The summed E-state index contributed by atoms with van der Waals surface area (Å²) >= 11 is 6.08. The predicted octanol–water partition coefficient (Wildman–Crippen LogP) is 3.28. The summed E-state index contributed by atoms with van der Waals surface area (Å²) in [7, 11) is 1.62. The van der Waals surface area contributed by atoms with Gasteiger partial charge in [-0.25, -0.2) is 4.98 Å². The zero-order valence-corrected chi connectivity index (χ0v) is 14.1. The molecular formula is C18H18ClN3O2. The number of benzene rings is 1. The number of hydrogen-bond acceptors (Lipinski definition) is 4. The molecule has 1 fully saturated rings. The predicted molar refractivity (Wildman–Crippen MR) is 95.8 cm³/mol. The van der Waals surface area contributed by atoms with Crippen LogP contribution >= 0.6 is 11.8 Å². The lowest BCUT2D eigenvalue weighted by molar-refractivity contribution is 0.198. The van der Waals surface area contributed by atoms with Crippen molar-refractivity contribution in [2.24, 2.45) is 0 Å². The molecule has 2 aromatic heterocycles. The second kappa shape index (κ2) is 6.00. The maximum absolute atomic E-state index is 9.74. The van der Waals surface area contributed by atoms with Crippen molar-refractivity contribution in [1.29, 1.82) is 0 Å². The lowest BCUT2D eigenvalue weighted by Gasteiger charge is -2.20. The summed E-state index contributed by atoms with van der Waals surface area (Å²) in [5.74, 6) is 0.580. The molecule has 0 spiro atoms. The minimum atomic E-state index is -0.281. The van der Waals surface area contributed by atoms with Crippen molar-refractivity contribution in [1.82, 2.24) is 9.07 Å². The van der Waals surface area contributed by atoms with Gasteiger partial charge in [0.1, 0.15) is 0 Å². The minimum Gasteiger partial charge on any atom is -0.480 e. The summed E-state index contributed by atoms with van der Waals surface area (Å²) in [6, 6.07) is 12.0. The molecule has 0 aliphatic carbocycles. The van der Waals surface area contributed by atoms with E-state index in [-0.39, 0.29) is 6.10 Å². The molecule has 1 aromatic carbocycles. The lowest BCUT2D eigenvalue weighted by atomic mass is 10.1. The number of hydrogen-bond donors (Lipinski definition) is 1. The number of rotatable bonds is 3. The second-order valence-corrected chi connectivity index (χ2v) is 6.38. The first-order chi connectivity index (χ1) is 11.7. The number of halogens is 1. The zero-order chi connectivity index (χ0) is 16.7. The molecule has 1 aliphatic heterocycles. The molecule has 3 heterocycles. The quantitative estimate of drug-likeness (QED) is 0.793. The van der Waals surface area contributed by atoms with Gasteiger partial charge >= 0.3 is 0 Å². The monoisotopic (exact) mass is 343 g/mol. The van der Waals surface area contributed by atoms with Crippen LogP contribution < -0.4 is 9.64 Å². The number of anilines is 1. The van der Waals surface area contributed by atoms with Crippen molar-refractivity contribution >= 4 is 28.4 Å². The second-order valence-electron chi connectivity index (χ2n) is 6.01. The van der Waals surface area contributed by atoms with E-state index in [4.69, 9.17) is 16.5 Å². The number of aliphatic hydroxyl groups is 1. The van der Waals surface area contributed by atoms with Crippen molar-refractivity contribution in [3.8, 4) is 17.1 Å². The van der Waals surface area contributed by atoms with E-state index in [1.165, 1.54) is 0 Å². The van der Waals surface area contributed by atoms with E-state index in [0.29, 0.717) is 12.4 Å². The Labute approximate surface area is 145 Å². The summed E-state index contributed by atoms with van der Waals surface area (Å²) in [5.41, 5.74) is 3.75. The van der Waals surface area contributed by atoms with Crippen LogP contribution in [0.15, 0.2) is 42.6 Å². The third-order valence-corrected chi connectivity index (χ3v) is 4.77. The first-order valence-corrected chi connectivity index (χ1v) is 8.25. The first kappa shape index (κ1) is 15.3. The van der Waals surface area contributed by atoms with Gasteiger partial charge in [-0.2, -0.15) is 0 Å². The van der Waals surface area contributed by atoms with E-state index in [0.717, 1.165) is 40.8 Å². The Kier molecular flexibility index (Phi) is 3.82. The summed E-state index contributed by atoms with van der Waals surface area (Å²) < 4.78 is 7.07.